The summed E-state index contributed by atoms with van der Waals surface area (Å²) in [6.45, 7) is 1.98. The van der Waals surface area contributed by atoms with Crippen LogP contribution in [0.2, 0.25) is 5.02 Å². The molecule has 1 unspecified atom stereocenters. The fourth-order valence-corrected chi connectivity index (χ4v) is 2.03. The van der Waals surface area contributed by atoms with Crippen LogP contribution < -0.4 is 10.1 Å². The second-order valence-corrected chi connectivity index (χ2v) is 4.65. The third-order valence-electron chi connectivity index (χ3n) is 2.92. The van der Waals surface area contributed by atoms with Crippen molar-refractivity contribution in [1.29, 1.82) is 0 Å². The molecule has 4 heteroatoms. The van der Waals surface area contributed by atoms with Gasteiger partial charge in [-0.3, -0.25) is 0 Å². The summed E-state index contributed by atoms with van der Waals surface area (Å²) in [5, 5.41) is 3.94. The van der Waals surface area contributed by atoms with Crippen LogP contribution in [0.15, 0.2) is 42.5 Å². The molecule has 2 aromatic rings. The molecule has 100 valence electrons. The van der Waals surface area contributed by atoms with Gasteiger partial charge in [0, 0.05) is 6.04 Å². The number of anilines is 1. The quantitative estimate of drug-likeness (QED) is 0.879. The third kappa shape index (κ3) is 3.18. The number of rotatable bonds is 4. The van der Waals surface area contributed by atoms with Crippen LogP contribution in [-0.4, -0.2) is 7.11 Å². The Morgan fingerprint density at radius 2 is 1.95 bits per heavy atom. The number of methoxy groups -OCH3 is 1. The van der Waals surface area contributed by atoms with Crippen LogP contribution in [0.25, 0.3) is 0 Å². The lowest BCUT2D eigenvalue weighted by atomic mass is 10.1. The van der Waals surface area contributed by atoms with Gasteiger partial charge in [-0.25, -0.2) is 4.39 Å². The number of hydrogen-bond acceptors (Lipinski definition) is 2. The van der Waals surface area contributed by atoms with Crippen molar-refractivity contribution in [3.8, 4) is 5.75 Å². The van der Waals surface area contributed by atoms with Crippen LogP contribution in [0.5, 0.6) is 5.75 Å². The highest BCUT2D eigenvalue weighted by Gasteiger charge is 2.10. The van der Waals surface area contributed by atoms with Crippen molar-refractivity contribution in [2.75, 3.05) is 12.4 Å². The minimum atomic E-state index is -0.365. The Morgan fingerprint density at radius 3 is 2.63 bits per heavy atom. The molecule has 0 aliphatic heterocycles. The molecule has 0 amide bonds. The maximum Gasteiger partial charge on any atom is 0.165 e. The highest BCUT2D eigenvalue weighted by molar-refractivity contribution is 6.33. The van der Waals surface area contributed by atoms with Gasteiger partial charge in [0.1, 0.15) is 0 Å². The predicted octanol–water partition coefficient (Wildman–Crippen LogP) is 4.66. The molecule has 0 fully saturated rings. The van der Waals surface area contributed by atoms with Crippen molar-refractivity contribution in [3.63, 3.8) is 0 Å². The van der Waals surface area contributed by atoms with Gasteiger partial charge < -0.3 is 10.1 Å². The Morgan fingerprint density at radius 1 is 1.21 bits per heavy atom. The van der Waals surface area contributed by atoms with Gasteiger partial charge in [-0.2, -0.15) is 0 Å². The number of ether oxygens (including phenoxy) is 1. The van der Waals surface area contributed by atoms with Gasteiger partial charge in [-0.15, -0.1) is 0 Å². The summed E-state index contributed by atoms with van der Waals surface area (Å²) in [7, 11) is 1.45. The molecule has 0 aromatic heterocycles. The molecule has 2 nitrogen and oxygen atoms in total. The Balaban J connectivity index is 2.20. The van der Waals surface area contributed by atoms with E-state index in [9.17, 15) is 4.39 Å². The highest BCUT2D eigenvalue weighted by Crippen LogP contribution is 2.28. The van der Waals surface area contributed by atoms with Gasteiger partial charge in [0.05, 0.1) is 17.8 Å². The lowest BCUT2D eigenvalue weighted by Crippen LogP contribution is -2.07. The van der Waals surface area contributed by atoms with Gasteiger partial charge in [0.25, 0.3) is 0 Å². The van der Waals surface area contributed by atoms with Gasteiger partial charge >= 0.3 is 0 Å². The average molecular weight is 280 g/mol. The third-order valence-corrected chi connectivity index (χ3v) is 3.25. The lowest BCUT2D eigenvalue weighted by Gasteiger charge is -2.17. The number of nitrogens with one attached hydrogen (secondary N) is 1. The van der Waals surface area contributed by atoms with E-state index < -0.39 is 0 Å². The van der Waals surface area contributed by atoms with E-state index in [2.05, 4.69) is 5.32 Å². The SMILES string of the molecule is COc1cc(C(C)Nc2ccccc2Cl)ccc1F. The van der Waals surface area contributed by atoms with E-state index in [0.29, 0.717) is 5.02 Å². The summed E-state index contributed by atoms with van der Waals surface area (Å²) < 4.78 is 18.3. The number of para-hydroxylation sites is 1. The smallest absolute Gasteiger partial charge is 0.165 e. The number of benzene rings is 2. The largest absolute Gasteiger partial charge is 0.494 e. The van der Waals surface area contributed by atoms with Crippen molar-refractivity contribution in [2.24, 2.45) is 0 Å². The summed E-state index contributed by atoms with van der Waals surface area (Å²) in [5.41, 5.74) is 1.78. The molecule has 19 heavy (non-hydrogen) atoms. The zero-order chi connectivity index (χ0) is 13.8. The van der Waals surface area contributed by atoms with Crippen LogP contribution in [0, 0.1) is 5.82 Å². The van der Waals surface area contributed by atoms with Gasteiger partial charge in [-0.1, -0.05) is 29.8 Å². The van der Waals surface area contributed by atoms with E-state index in [1.807, 2.05) is 31.2 Å². The summed E-state index contributed by atoms with van der Waals surface area (Å²) in [6, 6.07) is 12.3. The zero-order valence-corrected chi connectivity index (χ0v) is 11.5. The predicted molar refractivity (Wildman–Crippen MR) is 76.4 cm³/mol. The lowest BCUT2D eigenvalue weighted by molar-refractivity contribution is 0.385. The second-order valence-electron chi connectivity index (χ2n) is 4.24. The fourth-order valence-electron chi connectivity index (χ4n) is 1.84. The summed E-state index contributed by atoms with van der Waals surface area (Å²) >= 11 is 6.09. The molecule has 0 aliphatic carbocycles. The molecule has 2 rings (SSSR count). The molecule has 0 heterocycles. The first-order chi connectivity index (χ1) is 9.11. The Kier molecular flexibility index (Phi) is 4.27. The van der Waals surface area contributed by atoms with E-state index in [1.54, 1.807) is 12.1 Å². The maximum absolute atomic E-state index is 13.4. The molecule has 0 saturated heterocycles. The van der Waals surface area contributed by atoms with Crippen LogP contribution in [0.4, 0.5) is 10.1 Å². The molecule has 0 bridgehead atoms. The van der Waals surface area contributed by atoms with Crippen molar-refractivity contribution in [1.82, 2.24) is 0 Å². The van der Waals surface area contributed by atoms with E-state index in [4.69, 9.17) is 16.3 Å². The summed E-state index contributed by atoms with van der Waals surface area (Å²) in [6.07, 6.45) is 0. The monoisotopic (exact) mass is 279 g/mol. The standard InChI is InChI=1S/C15H15ClFNO/c1-10(18-14-6-4-3-5-12(14)16)11-7-8-13(17)15(9-11)19-2/h3-10,18H,1-2H3. The average Bonchev–Trinajstić information content (AvgIpc) is 2.42. The molecule has 0 spiro atoms. The molecule has 0 saturated carbocycles. The number of halogens is 2. The molecule has 2 aromatic carbocycles. The Labute approximate surface area is 117 Å². The van der Waals surface area contributed by atoms with E-state index in [-0.39, 0.29) is 17.6 Å². The normalized spacial score (nSPS) is 12.0. The van der Waals surface area contributed by atoms with Gasteiger partial charge in [-0.05, 0) is 36.8 Å². The minimum absolute atomic E-state index is 0.00519. The van der Waals surface area contributed by atoms with Crippen molar-refractivity contribution >= 4 is 17.3 Å². The maximum atomic E-state index is 13.4. The topological polar surface area (TPSA) is 21.3 Å². The second kappa shape index (κ2) is 5.93. The first kappa shape index (κ1) is 13.7. The van der Waals surface area contributed by atoms with Gasteiger partial charge in [0.2, 0.25) is 0 Å². The fraction of sp³-hybridized carbons (Fsp3) is 0.200. The number of hydrogen-bond donors (Lipinski definition) is 1. The molecular weight excluding hydrogens is 265 g/mol. The van der Waals surface area contributed by atoms with Crippen LogP contribution in [0.3, 0.4) is 0 Å². The molecule has 1 N–H and O–H groups in total. The molecular formula is C15H15ClFNO. The molecule has 0 aliphatic rings. The highest BCUT2D eigenvalue weighted by atomic mass is 35.5. The first-order valence-corrected chi connectivity index (χ1v) is 6.34. The molecule has 1 atom stereocenters. The minimum Gasteiger partial charge on any atom is -0.494 e. The van der Waals surface area contributed by atoms with Gasteiger partial charge in [0.15, 0.2) is 11.6 Å². The van der Waals surface area contributed by atoms with Crippen LogP contribution >= 0.6 is 11.6 Å². The van der Waals surface area contributed by atoms with Crippen LogP contribution in [0.1, 0.15) is 18.5 Å². The van der Waals surface area contributed by atoms with Crippen molar-refractivity contribution < 1.29 is 9.13 Å². The first-order valence-electron chi connectivity index (χ1n) is 5.96. The molecule has 0 radical (unpaired) electrons. The van der Waals surface area contributed by atoms with E-state index in [1.165, 1.54) is 13.2 Å². The van der Waals surface area contributed by atoms with E-state index in [0.717, 1.165) is 11.3 Å². The van der Waals surface area contributed by atoms with E-state index >= 15 is 0 Å². The summed E-state index contributed by atoms with van der Waals surface area (Å²) in [4.78, 5) is 0. The van der Waals surface area contributed by atoms with Crippen LogP contribution in [-0.2, 0) is 0 Å². The zero-order valence-electron chi connectivity index (χ0n) is 10.8. The summed E-state index contributed by atoms with van der Waals surface area (Å²) in [5.74, 6) is -0.124. The Hall–Kier alpha value is -1.74. The van der Waals surface area contributed by atoms with Crippen molar-refractivity contribution in [3.05, 3.63) is 58.9 Å². The van der Waals surface area contributed by atoms with Crippen molar-refractivity contribution in [2.45, 2.75) is 13.0 Å². The Bertz CT molecular complexity index is 574.